The molecule has 0 saturated heterocycles. The second-order valence-corrected chi connectivity index (χ2v) is 12.1. The smallest absolute Gasteiger partial charge is 0.419 e. The van der Waals surface area contributed by atoms with Crippen LogP contribution in [0.15, 0.2) is 85.2 Å². The largest absolute Gasteiger partial charge is 0.480 e. The summed E-state index contributed by atoms with van der Waals surface area (Å²) in [4.78, 5) is 38.8. The molecule has 3 aromatic carbocycles. The molecule has 5 aromatic rings. The van der Waals surface area contributed by atoms with Gasteiger partial charge in [0.05, 0.1) is 11.2 Å². The lowest BCUT2D eigenvalue weighted by Crippen LogP contribution is -2.42. The van der Waals surface area contributed by atoms with Crippen LogP contribution in [0.4, 0.5) is 9.59 Å². The molecular formula is C35H34N4O6. The van der Waals surface area contributed by atoms with Crippen LogP contribution in [0.3, 0.4) is 0 Å². The lowest BCUT2D eigenvalue weighted by Gasteiger charge is -2.20. The van der Waals surface area contributed by atoms with Gasteiger partial charge in [-0.25, -0.2) is 14.4 Å². The predicted molar refractivity (Wildman–Crippen MR) is 169 cm³/mol. The molecule has 2 aromatic heterocycles. The van der Waals surface area contributed by atoms with Gasteiger partial charge in [-0.1, -0.05) is 66.7 Å². The SMILES string of the molecule is Cn1ccc(-c2cccc3c(C[C@H](NC(=O)OCC4c5ccccc5-c5ccccc54)C(=O)O)cn(C(=O)OC(C)(C)C)c23)n1. The van der Waals surface area contributed by atoms with Crippen molar-refractivity contribution in [3.63, 3.8) is 0 Å². The molecule has 0 radical (unpaired) electrons. The summed E-state index contributed by atoms with van der Waals surface area (Å²) in [6.07, 6.45) is 1.82. The van der Waals surface area contributed by atoms with Crippen LogP contribution in [0.25, 0.3) is 33.3 Å². The first-order chi connectivity index (χ1) is 21.5. The zero-order chi connectivity index (χ0) is 31.9. The predicted octanol–water partition coefficient (Wildman–Crippen LogP) is 6.36. The number of ether oxygens (including phenoxy) is 2. The summed E-state index contributed by atoms with van der Waals surface area (Å²) < 4.78 is 14.3. The van der Waals surface area contributed by atoms with Crippen molar-refractivity contribution in [2.75, 3.05) is 6.61 Å². The van der Waals surface area contributed by atoms with Crippen LogP contribution in [0, 0.1) is 0 Å². The molecule has 0 saturated carbocycles. The Kier molecular flexibility index (Phi) is 7.66. The number of aliphatic carboxylic acids is 1. The van der Waals surface area contributed by atoms with E-state index in [1.165, 1.54) is 4.57 Å². The van der Waals surface area contributed by atoms with Crippen molar-refractivity contribution in [2.45, 2.75) is 44.8 Å². The average molecular weight is 607 g/mol. The van der Waals surface area contributed by atoms with Crippen molar-refractivity contribution in [2.24, 2.45) is 7.05 Å². The highest BCUT2D eigenvalue weighted by Crippen LogP contribution is 2.44. The summed E-state index contributed by atoms with van der Waals surface area (Å²) in [5, 5.41) is 17.8. The fraction of sp³-hybridized carbons (Fsp3) is 0.257. The van der Waals surface area contributed by atoms with Crippen LogP contribution < -0.4 is 5.32 Å². The Bertz CT molecular complexity index is 1890. The maximum absolute atomic E-state index is 13.4. The van der Waals surface area contributed by atoms with Crippen molar-refractivity contribution < 1.29 is 29.0 Å². The zero-order valence-corrected chi connectivity index (χ0v) is 25.5. The van der Waals surface area contributed by atoms with E-state index in [-0.39, 0.29) is 18.9 Å². The number of nitrogens with one attached hydrogen (secondary N) is 1. The number of carboxylic acid groups (broad SMARTS) is 1. The number of aromatic nitrogens is 3. The Balaban J connectivity index is 1.26. The summed E-state index contributed by atoms with van der Waals surface area (Å²) in [6.45, 7) is 5.37. The third-order valence-corrected chi connectivity index (χ3v) is 7.85. The number of nitrogens with zero attached hydrogens (tertiary/aromatic N) is 3. The number of para-hydroxylation sites is 1. The van der Waals surface area contributed by atoms with E-state index in [2.05, 4.69) is 10.4 Å². The lowest BCUT2D eigenvalue weighted by molar-refractivity contribution is -0.139. The number of rotatable bonds is 7. The molecule has 230 valence electrons. The first kappa shape index (κ1) is 29.7. The number of hydrogen-bond acceptors (Lipinski definition) is 6. The number of carbonyl (C=O) groups is 3. The minimum Gasteiger partial charge on any atom is -0.480 e. The van der Waals surface area contributed by atoms with Gasteiger partial charge in [0.25, 0.3) is 0 Å². The van der Waals surface area contributed by atoms with Gasteiger partial charge in [0.15, 0.2) is 0 Å². The molecule has 10 heteroatoms. The number of benzene rings is 3. The number of amides is 1. The van der Waals surface area contributed by atoms with Gasteiger partial charge in [-0.2, -0.15) is 5.10 Å². The summed E-state index contributed by atoms with van der Waals surface area (Å²) in [7, 11) is 1.80. The van der Waals surface area contributed by atoms with Gasteiger partial charge in [0, 0.05) is 42.7 Å². The number of carbonyl (C=O) groups excluding carboxylic acids is 2. The van der Waals surface area contributed by atoms with Crippen molar-refractivity contribution in [3.05, 3.63) is 102 Å². The van der Waals surface area contributed by atoms with E-state index >= 15 is 0 Å². The third kappa shape index (κ3) is 5.91. The highest BCUT2D eigenvalue weighted by atomic mass is 16.6. The van der Waals surface area contributed by atoms with Crippen molar-refractivity contribution in [1.82, 2.24) is 19.7 Å². The van der Waals surface area contributed by atoms with Crippen molar-refractivity contribution in [3.8, 4) is 22.4 Å². The molecule has 10 nitrogen and oxygen atoms in total. The lowest BCUT2D eigenvalue weighted by atomic mass is 9.98. The molecule has 0 bridgehead atoms. The molecule has 2 heterocycles. The second-order valence-electron chi connectivity index (χ2n) is 12.1. The molecule has 0 fully saturated rings. The van der Waals surface area contributed by atoms with Crippen molar-refractivity contribution in [1.29, 1.82) is 0 Å². The minimum absolute atomic E-state index is 0.0532. The molecule has 1 atom stereocenters. The van der Waals surface area contributed by atoms with Crippen LogP contribution in [0.1, 0.15) is 43.4 Å². The van der Waals surface area contributed by atoms with Crippen LogP contribution >= 0.6 is 0 Å². The monoisotopic (exact) mass is 606 g/mol. The highest BCUT2D eigenvalue weighted by Gasteiger charge is 2.31. The van der Waals surface area contributed by atoms with Gasteiger partial charge in [-0.05, 0) is 54.7 Å². The Labute approximate surface area is 260 Å². The van der Waals surface area contributed by atoms with Crippen LogP contribution in [0.2, 0.25) is 0 Å². The Morgan fingerprint density at radius 3 is 2.18 bits per heavy atom. The number of alkyl carbamates (subject to hydrolysis) is 1. The molecular weight excluding hydrogens is 572 g/mol. The van der Waals surface area contributed by atoms with E-state index < -0.39 is 29.8 Å². The maximum Gasteiger partial charge on any atom is 0.419 e. The molecule has 1 aliphatic rings. The Morgan fingerprint density at radius 1 is 0.933 bits per heavy atom. The maximum atomic E-state index is 13.4. The normalized spacial score (nSPS) is 13.2. The molecule has 1 aliphatic carbocycles. The standard InChI is InChI=1S/C35H34N4O6/c1-35(2,3)45-34(43)39-19-21(22-14-9-15-27(31(22)39)29-16-17-38(4)37-29)18-30(32(40)41)36-33(42)44-20-28-25-12-7-5-10-23(25)24-11-6-8-13-26(24)28/h5-17,19,28,30H,18,20H2,1-4H3,(H,36,42)(H,40,41)/t30-/m0/s1. The summed E-state index contributed by atoms with van der Waals surface area (Å²) in [5.41, 5.74) is 5.94. The van der Waals surface area contributed by atoms with E-state index in [9.17, 15) is 19.5 Å². The molecule has 0 aliphatic heterocycles. The fourth-order valence-corrected chi connectivity index (χ4v) is 5.94. The van der Waals surface area contributed by atoms with E-state index in [1.54, 1.807) is 44.9 Å². The number of aryl methyl sites for hydroxylation is 1. The highest BCUT2D eigenvalue weighted by molar-refractivity contribution is 6.01. The van der Waals surface area contributed by atoms with Gasteiger partial charge in [-0.15, -0.1) is 0 Å². The van der Waals surface area contributed by atoms with Crippen LogP contribution in [-0.4, -0.2) is 55.9 Å². The number of hydrogen-bond donors (Lipinski definition) is 2. The average Bonchev–Trinajstić information content (AvgIpc) is 3.69. The van der Waals surface area contributed by atoms with Gasteiger partial charge in [-0.3, -0.25) is 9.25 Å². The molecule has 0 spiro atoms. The number of fused-ring (bicyclic) bond motifs is 4. The van der Waals surface area contributed by atoms with Crippen molar-refractivity contribution >= 4 is 29.1 Å². The topological polar surface area (TPSA) is 125 Å². The Hall–Kier alpha value is -5.38. The fourth-order valence-electron chi connectivity index (χ4n) is 5.94. The van der Waals surface area contributed by atoms with Gasteiger partial charge in [0.2, 0.25) is 0 Å². The first-order valence-corrected chi connectivity index (χ1v) is 14.7. The van der Waals surface area contributed by atoms with E-state index in [1.807, 2.05) is 72.8 Å². The minimum atomic E-state index is -1.32. The van der Waals surface area contributed by atoms with Crippen LogP contribution in [0.5, 0.6) is 0 Å². The third-order valence-electron chi connectivity index (χ3n) is 7.85. The zero-order valence-electron chi connectivity index (χ0n) is 25.5. The van der Waals surface area contributed by atoms with Crippen LogP contribution in [-0.2, 0) is 27.7 Å². The van der Waals surface area contributed by atoms with Gasteiger partial charge in [0.1, 0.15) is 18.2 Å². The van der Waals surface area contributed by atoms with E-state index in [4.69, 9.17) is 9.47 Å². The molecule has 1 amide bonds. The summed E-state index contributed by atoms with van der Waals surface area (Å²) in [5.74, 6) is -1.40. The molecule has 0 unspecified atom stereocenters. The summed E-state index contributed by atoms with van der Waals surface area (Å²) >= 11 is 0. The van der Waals surface area contributed by atoms with E-state index in [0.29, 0.717) is 27.7 Å². The Morgan fingerprint density at radius 2 is 1.58 bits per heavy atom. The van der Waals surface area contributed by atoms with E-state index in [0.717, 1.165) is 22.3 Å². The second kappa shape index (κ2) is 11.6. The van der Waals surface area contributed by atoms with Gasteiger partial charge >= 0.3 is 18.2 Å². The quantitative estimate of drug-likeness (QED) is 0.221. The molecule has 2 N–H and O–H groups in total. The summed E-state index contributed by atoms with van der Waals surface area (Å²) in [6, 6.07) is 22.0. The van der Waals surface area contributed by atoms with Gasteiger partial charge < -0.3 is 19.9 Å². The first-order valence-electron chi connectivity index (χ1n) is 14.7. The molecule has 6 rings (SSSR count). The molecule has 45 heavy (non-hydrogen) atoms. The number of carboxylic acids is 1.